The van der Waals surface area contributed by atoms with E-state index < -0.39 is 0 Å². The van der Waals surface area contributed by atoms with Crippen molar-refractivity contribution in [1.29, 1.82) is 0 Å². The fourth-order valence-electron chi connectivity index (χ4n) is 1.88. The van der Waals surface area contributed by atoms with Gasteiger partial charge in [0.1, 0.15) is 17.8 Å². The van der Waals surface area contributed by atoms with Crippen LogP contribution in [0.15, 0.2) is 30.7 Å². The van der Waals surface area contributed by atoms with E-state index in [1.165, 1.54) is 6.33 Å². The average molecular weight is 279 g/mol. The van der Waals surface area contributed by atoms with Gasteiger partial charge in [0.2, 0.25) is 0 Å². The van der Waals surface area contributed by atoms with Gasteiger partial charge in [0.25, 0.3) is 0 Å². The molecule has 0 radical (unpaired) electrons. The number of hydrogen-bond donors (Lipinski definition) is 2. The number of aromatic amines is 1. The molecule has 0 aliphatic carbocycles. The van der Waals surface area contributed by atoms with Crippen LogP contribution < -0.4 is 5.73 Å². The highest BCUT2D eigenvalue weighted by Gasteiger charge is 2.11. The Labute approximate surface area is 113 Å². The summed E-state index contributed by atoms with van der Waals surface area (Å²) < 4.78 is 0. The minimum absolute atomic E-state index is 0.433. The van der Waals surface area contributed by atoms with Crippen LogP contribution >= 0.6 is 23.2 Å². The Morgan fingerprint density at radius 1 is 1.11 bits per heavy atom. The maximum absolute atomic E-state index is 6.02. The van der Waals surface area contributed by atoms with Crippen molar-refractivity contribution in [2.75, 3.05) is 5.73 Å². The summed E-state index contributed by atoms with van der Waals surface area (Å²) in [6, 6.07) is 5.42. The zero-order valence-corrected chi connectivity index (χ0v) is 10.6. The van der Waals surface area contributed by atoms with Crippen LogP contribution in [0.25, 0.3) is 22.2 Å². The number of anilines is 1. The van der Waals surface area contributed by atoms with Crippen molar-refractivity contribution in [2.45, 2.75) is 0 Å². The number of nitrogen functional groups attached to an aromatic ring is 1. The maximum Gasteiger partial charge on any atom is 0.143 e. The number of hydrogen-bond acceptors (Lipinski definition) is 3. The molecule has 0 aliphatic rings. The van der Waals surface area contributed by atoms with Crippen LogP contribution in [0.4, 0.5) is 5.82 Å². The van der Waals surface area contributed by atoms with E-state index in [2.05, 4.69) is 15.0 Å². The van der Waals surface area contributed by atoms with Gasteiger partial charge in [-0.25, -0.2) is 9.97 Å². The molecular formula is C12H8Cl2N4. The van der Waals surface area contributed by atoms with E-state index >= 15 is 0 Å². The van der Waals surface area contributed by atoms with Crippen LogP contribution in [0, 0.1) is 0 Å². The first-order chi connectivity index (χ1) is 8.66. The first-order valence-electron chi connectivity index (χ1n) is 5.20. The zero-order valence-electron chi connectivity index (χ0n) is 9.11. The predicted octanol–water partition coefficient (Wildman–Crippen LogP) is 3.51. The molecule has 0 atom stereocenters. The normalized spacial score (nSPS) is 11.0. The minimum Gasteiger partial charge on any atom is -0.383 e. The van der Waals surface area contributed by atoms with Gasteiger partial charge in [-0.05, 0) is 17.7 Å². The Hall–Kier alpha value is -1.78. The largest absolute Gasteiger partial charge is 0.383 e. The fourth-order valence-corrected chi connectivity index (χ4v) is 2.18. The summed E-state index contributed by atoms with van der Waals surface area (Å²) in [5.74, 6) is 0.433. The van der Waals surface area contributed by atoms with E-state index in [1.54, 1.807) is 12.1 Å². The molecule has 18 heavy (non-hydrogen) atoms. The molecule has 3 rings (SSSR count). The van der Waals surface area contributed by atoms with Gasteiger partial charge in [-0.2, -0.15) is 0 Å². The Balaban J connectivity index is 2.28. The van der Waals surface area contributed by atoms with E-state index in [-0.39, 0.29) is 0 Å². The standard InChI is InChI=1S/C12H8Cl2N4/c13-8-2-1-6(3-9(8)14)7-4-16-12-10(7)11(15)17-5-18-12/h1-5H,(H3,15,16,17,18). The van der Waals surface area contributed by atoms with Crippen LogP contribution in [0.2, 0.25) is 10.0 Å². The first kappa shape index (κ1) is 11.3. The van der Waals surface area contributed by atoms with Crippen LogP contribution in [-0.4, -0.2) is 15.0 Å². The van der Waals surface area contributed by atoms with Gasteiger partial charge in [-0.15, -0.1) is 0 Å². The molecule has 0 fully saturated rings. The molecule has 3 aromatic rings. The summed E-state index contributed by atoms with van der Waals surface area (Å²) in [6.07, 6.45) is 3.25. The summed E-state index contributed by atoms with van der Waals surface area (Å²) >= 11 is 11.9. The highest BCUT2D eigenvalue weighted by atomic mass is 35.5. The number of fused-ring (bicyclic) bond motifs is 1. The molecule has 0 aliphatic heterocycles. The SMILES string of the molecule is Nc1ncnc2[nH]cc(-c3ccc(Cl)c(Cl)c3)c12. The number of benzene rings is 1. The lowest BCUT2D eigenvalue weighted by Crippen LogP contribution is -1.92. The van der Waals surface area contributed by atoms with Crippen molar-refractivity contribution < 1.29 is 0 Å². The Kier molecular flexibility index (Phi) is 2.61. The van der Waals surface area contributed by atoms with Crippen LogP contribution in [0.5, 0.6) is 0 Å². The maximum atomic E-state index is 6.02. The summed E-state index contributed by atoms with van der Waals surface area (Å²) in [5, 5.41) is 1.80. The van der Waals surface area contributed by atoms with E-state index in [1.807, 2.05) is 12.3 Å². The van der Waals surface area contributed by atoms with Crippen LogP contribution in [0.3, 0.4) is 0 Å². The third kappa shape index (κ3) is 1.70. The number of nitrogens with zero attached hydrogens (tertiary/aromatic N) is 2. The molecule has 0 saturated heterocycles. The van der Waals surface area contributed by atoms with Crippen molar-refractivity contribution in [3.63, 3.8) is 0 Å². The van der Waals surface area contributed by atoms with E-state index in [4.69, 9.17) is 28.9 Å². The van der Waals surface area contributed by atoms with Crippen molar-refractivity contribution in [3.05, 3.63) is 40.8 Å². The fraction of sp³-hybridized carbons (Fsp3) is 0. The number of nitrogens with one attached hydrogen (secondary N) is 1. The topological polar surface area (TPSA) is 67.6 Å². The van der Waals surface area contributed by atoms with E-state index in [0.29, 0.717) is 21.5 Å². The zero-order chi connectivity index (χ0) is 12.7. The molecule has 1 aromatic carbocycles. The summed E-state index contributed by atoms with van der Waals surface area (Å²) in [5.41, 5.74) is 8.39. The molecule has 2 heterocycles. The Bertz CT molecular complexity index is 736. The van der Waals surface area contributed by atoms with Gasteiger partial charge in [0, 0.05) is 11.8 Å². The average Bonchev–Trinajstić information content (AvgIpc) is 2.78. The van der Waals surface area contributed by atoms with Gasteiger partial charge in [0.05, 0.1) is 15.4 Å². The number of nitrogens with two attached hydrogens (primary N) is 1. The highest BCUT2D eigenvalue weighted by molar-refractivity contribution is 6.42. The Morgan fingerprint density at radius 2 is 1.94 bits per heavy atom. The van der Waals surface area contributed by atoms with Crippen molar-refractivity contribution >= 4 is 40.1 Å². The lowest BCUT2D eigenvalue weighted by Gasteiger charge is -2.03. The molecule has 90 valence electrons. The quantitative estimate of drug-likeness (QED) is 0.716. The van der Waals surface area contributed by atoms with Crippen molar-refractivity contribution in [3.8, 4) is 11.1 Å². The van der Waals surface area contributed by atoms with Gasteiger partial charge >= 0.3 is 0 Å². The summed E-state index contributed by atoms with van der Waals surface area (Å²) in [6.45, 7) is 0. The minimum atomic E-state index is 0.433. The van der Waals surface area contributed by atoms with Crippen molar-refractivity contribution in [1.82, 2.24) is 15.0 Å². The monoisotopic (exact) mass is 278 g/mol. The van der Waals surface area contributed by atoms with Crippen LogP contribution in [-0.2, 0) is 0 Å². The third-order valence-electron chi connectivity index (χ3n) is 2.73. The number of rotatable bonds is 1. The van der Waals surface area contributed by atoms with E-state index in [0.717, 1.165) is 16.5 Å². The van der Waals surface area contributed by atoms with Crippen molar-refractivity contribution in [2.24, 2.45) is 0 Å². The molecule has 0 spiro atoms. The molecule has 2 aromatic heterocycles. The van der Waals surface area contributed by atoms with Gasteiger partial charge in [-0.3, -0.25) is 0 Å². The van der Waals surface area contributed by atoms with Gasteiger partial charge < -0.3 is 10.7 Å². The second kappa shape index (κ2) is 4.15. The second-order valence-corrected chi connectivity index (χ2v) is 4.63. The third-order valence-corrected chi connectivity index (χ3v) is 3.47. The summed E-state index contributed by atoms with van der Waals surface area (Å²) in [4.78, 5) is 11.2. The first-order valence-corrected chi connectivity index (χ1v) is 5.95. The lowest BCUT2D eigenvalue weighted by molar-refractivity contribution is 1.21. The lowest BCUT2D eigenvalue weighted by atomic mass is 10.1. The number of halogens is 2. The summed E-state index contributed by atoms with van der Waals surface area (Å²) in [7, 11) is 0. The molecule has 0 amide bonds. The molecule has 3 N–H and O–H groups in total. The van der Waals surface area contributed by atoms with Gasteiger partial charge in [-0.1, -0.05) is 29.3 Å². The van der Waals surface area contributed by atoms with Crippen LogP contribution in [0.1, 0.15) is 0 Å². The molecule has 0 unspecified atom stereocenters. The van der Waals surface area contributed by atoms with E-state index in [9.17, 15) is 0 Å². The predicted molar refractivity (Wildman–Crippen MR) is 73.8 cm³/mol. The van der Waals surface area contributed by atoms with Gasteiger partial charge in [0.15, 0.2) is 0 Å². The Morgan fingerprint density at radius 3 is 2.72 bits per heavy atom. The molecule has 0 bridgehead atoms. The number of H-pyrrole nitrogens is 1. The molecule has 0 saturated carbocycles. The highest BCUT2D eigenvalue weighted by Crippen LogP contribution is 2.33. The molecular weight excluding hydrogens is 271 g/mol. The smallest absolute Gasteiger partial charge is 0.143 e. The molecule has 6 heteroatoms. The second-order valence-electron chi connectivity index (χ2n) is 3.81. The number of aromatic nitrogens is 3. The molecule has 4 nitrogen and oxygen atoms in total.